The van der Waals surface area contributed by atoms with Gasteiger partial charge in [0, 0.05) is 18.3 Å². The van der Waals surface area contributed by atoms with E-state index in [1.54, 1.807) is 35.2 Å². The van der Waals surface area contributed by atoms with Crippen LogP contribution in [-0.4, -0.2) is 30.7 Å². The molecule has 0 aliphatic carbocycles. The van der Waals surface area contributed by atoms with E-state index in [4.69, 9.17) is 9.47 Å². The summed E-state index contributed by atoms with van der Waals surface area (Å²) in [6, 6.07) is 11.5. The van der Waals surface area contributed by atoms with Crippen LogP contribution in [-0.2, 0) is 0 Å². The second kappa shape index (κ2) is 6.63. The Hall–Kier alpha value is -2.76. The number of fused-ring (bicyclic) bond motifs is 1. The van der Waals surface area contributed by atoms with Crippen molar-refractivity contribution < 1.29 is 18.7 Å². The zero-order valence-electron chi connectivity index (χ0n) is 13.7. The van der Waals surface area contributed by atoms with Crippen molar-refractivity contribution in [2.24, 2.45) is 0 Å². The molecule has 5 nitrogen and oxygen atoms in total. The Kier molecular flexibility index (Phi) is 4.17. The number of hydrogen-bond donors (Lipinski definition) is 1. The quantitative estimate of drug-likeness (QED) is 0.898. The Morgan fingerprint density at radius 2 is 1.84 bits per heavy atom. The van der Waals surface area contributed by atoms with Crippen LogP contribution in [0.1, 0.15) is 24.4 Å². The second-order valence-electron chi connectivity index (χ2n) is 6.19. The number of urea groups is 1. The predicted molar refractivity (Wildman–Crippen MR) is 91.5 cm³/mol. The van der Waals surface area contributed by atoms with Crippen molar-refractivity contribution in [2.45, 2.75) is 18.9 Å². The largest absolute Gasteiger partial charge is 0.486 e. The molecule has 1 atom stereocenters. The molecule has 2 aliphatic heterocycles. The van der Waals surface area contributed by atoms with E-state index < -0.39 is 0 Å². The third kappa shape index (κ3) is 3.24. The average Bonchev–Trinajstić information content (AvgIpc) is 3.12. The second-order valence-corrected chi connectivity index (χ2v) is 6.19. The van der Waals surface area contributed by atoms with Gasteiger partial charge in [0.05, 0.1) is 6.04 Å². The van der Waals surface area contributed by atoms with Gasteiger partial charge in [-0.2, -0.15) is 0 Å². The van der Waals surface area contributed by atoms with E-state index in [-0.39, 0.29) is 17.9 Å². The van der Waals surface area contributed by atoms with E-state index in [0.29, 0.717) is 36.9 Å². The standard InChI is InChI=1S/C19H19FN2O3/c20-14-5-3-13(4-6-14)16-2-1-9-22(16)19(23)21-15-7-8-17-18(12-15)25-11-10-24-17/h3-8,12,16H,1-2,9-11H2,(H,21,23)/t16-/m0/s1. The molecule has 0 unspecified atom stereocenters. The molecule has 2 aliphatic rings. The highest BCUT2D eigenvalue weighted by molar-refractivity contribution is 5.90. The summed E-state index contributed by atoms with van der Waals surface area (Å²) in [5.41, 5.74) is 1.62. The number of carbonyl (C=O) groups excluding carboxylic acids is 1. The molecule has 1 fully saturated rings. The van der Waals surface area contributed by atoms with Crippen molar-refractivity contribution in [3.8, 4) is 11.5 Å². The van der Waals surface area contributed by atoms with E-state index in [2.05, 4.69) is 5.32 Å². The molecule has 25 heavy (non-hydrogen) atoms. The number of hydrogen-bond acceptors (Lipinski definition) is 3. The van der Waals surface area contributed by atoms with Crippen molar-refractivity contribution in [3.63, 3.8) is 0 Å². The van der Waals surface area contributed by atoms with E-state index in [1.807, 2.05) is 0 Å². The number of nitrogens with one attached hydrogen (secondary N) is 1. The highest BCUT2D eigenvalue weighted by Crippen LogP contribution is 2.35. The Bertz CT molecular complexity index is 779. The SMILES string of the molecule is O=C(Nc1ccc2c(c1)OCCO2)N1CCC[C@H]1c1ccc(F)cc1. The molecule has 0 spiro atoms. The number of amides is 2. The summed E-state index contributed by atoms with van der Waals surface area (Å²) in [5.74, 6) is 1.06. The van der Waals surface area contributed by atoms with Crippen molar-refractivity contribution in [1.29, 1.82) is 0 Å². The molecule has 1 N–H and O–H groups in total. The van der Waals surface area contributed by atoms with E-state index in [1.165, 1.54) is 12.1 Å². The lowest BCUT2D eigenvalue weighted by Crippen LogP contribution is -2.34. The number of anilines is 1. The summed E-state index contributed by atoms with van der Waals surface area (Å²) in [6.45, 7) is 1.72. The van der Waals surface area contributed by atoms with Gasteiger partial charge in [0.15, 0.2) is 11.5 Å². The molecule has 0 radical (unpaired) electrons. The van der Waals surface area contributed by atoms with Gasteiger partial charge in [-0.3, -0.25) is 0 Å². The fourth-order valence-electron chi connectivity index (χ4n) is 3.36. The Labute approximate surface area is 145 Å². The lowest BCUT2D eigenvalue weighted by molar-refractivity contribution is 0.171. The summed E-state index contributed by atoms with van der Waals surface area (Å²) in [7, 11) is 0. The minimum Gasteiger partial charge on any atom is -0.486 e. The summed E-state index contributed by atoms with van der Waals surface area (Å²) < 4.78 is 24.2. The molecule has 6 heteroatoms. The molecule has 0 saturated carbocycles. The summed E-state index contributed by atoms with van der Waals surface area (Å²) in [4.78, 5) is 14.5. The highest BCUT2D eigenvalue weighted by atomic mass is 19.1. The van der Waals surface area contributed by atoms with Crippen LogP contribution < -0.4 is 14.8 Å². The first-order chi connectivity index (χ1) is 12.2. The normalized spacial score (nSPS) is 18.9. The monoisotopic (exact) mass is 342 g/mol. The Morgan fingerprint density at radius 1 is 1.08 bits per heavy atom. The van der Waals surface area contributed by atoms with Crippen LogP contribution in [0.5, 0.6) is 11.5 Å². The van der Waals surface area contributed by atoms with Crippen molar-refractivity contribution >= 4 is 11.7 Å². The topological polar surface area (TPSA) is 50.8 Å². The summed E-state index contributed by atoms with van der Waals surface area (Å²) >= 11 is 0. The van der Waals surface area contributed by atoms with Gasteiger partial charge in [0.25, 0.3) is 0 Å². The smallest absolute Gasteiger partial charge is 0.322 e. The predicted octanol–water partition coefficient (Wildman–Crippen LogP) is 3.97. The van der Waals surface area contributed by atoms with E-state index >= 15 is 0 Å². The molecule has 1 saturated heterocycles. The number of halogens is 1. The van der Waals surface area contributed by atoms with Crippen LogP contribution in [0, 0.1) is 5.82 Å². The molecule has 2 aromatic carbocycles. The minimum atomic E-state index is -0.269. The zero-order valence-corrected chi connectivity index (χ0v) is 13.7. The molecule has 2 heterocycles. The van der Waals surface area contributed by atoms with Crippen LogP contribution in [0.2, 0.25) is 0 Å². The van der Waals surface area contributed by atoms with Gasteiger partial charge in [-0.15, -0.1) is 0 Å². The van der Waals surface area contributed by atoms with E-state index in [9.17, 15) is 9.18 Å². The fourth-order valence-corrected chi connectivity index (χ4v) is 3.36. The molecular weight excluding hydrogens is 323 g/mol. The number of ether oxygens (including phenoxy) is 2. The van der Waals surface area contributed by atoms with Crippen molar-refractivity contribution in [2.75, 3.05) is 25.1 Å². The van der Waals surface area contributed by atoms with Gasteiger partial charge < -0.3 is 19.7 Å². The van der Waals surface area contributed by atoms with Gasteiger partial charge in [-0.1, -0.05) is 12.1 Å². The first-order valence-electron chi connectivity index (χ1n) is 8.43. The molecule has 2 aromatic rings. The van der Waals surface area contributed by atoms with E-state index in [0.717, 1.165) is 18.4 Å². The maximum atomic E-state index is 13.1. The van der Waals surface area contributed by atoms with Gasteiger partial charge in [0.2, 0.25) is 0 Å². The lowest BCUT2D eigenvalue weighted by atomic mass is 10.0. The Morgan fingerprint density at radius 3 is 2.64 bits per heavy atom. The van der Waals surface area contributed by atoms with Crippen LogP contribution in [0.25, 0.3) is 0 Å². The van der Waals surface area contributed by atoms with Gasteiger partial charge >= 0.3 is 6.03 Å². The number of likely N-dealkylation sites (tertiary alicyclic amines) is 1. The number of rotatable bonds is 2. The Balaban J connectivity index is 1.49. The van der Waals surface area contributed by atoms with Crippen molar-refractivity contribution in [3.05, 3.63) is 53.8 Å². The summed E-state index contributed by atoms with van der Waals surface area (Å²) in [6.07, 6.45) is 1.80. The summed E-state index contributed by atoms with van der Waals surface area (Å²) in [5, 5.41) is 2.92. The first-order valence-corrected chi connectivity index (χ1v) is 8.43. The third-order valence-electron chi connectivity index (χ3n) is 4.56. The molecular formula is C19H19FN2O3. The molecule has 130 valence electrons. The average molecular weight is 342 g/mol. The van der Waals surface area contributed by atoms with Crippen LogP contribution in [0.15, 0.2) is 42.5 Å². The zero-order chi connectivity index (χ0) is 17.2. The molecule has 0 aromatic heterocycles. The van der Waals surface area contributed by atoms with Gasteiger partial charge in [-0.25, -0.2) is 9.18 Å². The fraction of sp³-hybridized carbons (Fsp3) is 0.316. The van der Waals surface area contributed by atoms with Crippen LogP contribution in [0.4, 0.5) is 14.9 Å². The maximum Gasteiger partial charge on any atom is 0.322 e. The molecule has 0 bridgehead atoms. The lowest BCUT2D eigenvalue weighted by Gasteiger charge is -2.26. The third-order valence-corrected chi connectivity index (χ3v) is 4.56. The number of carbonyl (C=O) groups is 1. The highest BCUT2D eigenvalue weighted by Gasteiger charge is 2.30. The number of benzene rings is 2. The van der Waals surface area contributed by atoms with Gasteiger partial charge in [-0.05, 0) is 42.7 Å². The molecule has 2 amide bonds. The van der Waals surface area contributed by atoms with Crippen molar-refractivity contribution in [1.82, 2.24) is 4.90 Å². The number of nitrogens with zero attached hydrogens (tertiary/aromatic N) is 1. The van der Waals surface area contributed by atoms with Crippen LogP contribution >= 0.6 is 0 Å². The molecule has 4 rings (SSSR count). The first kappa shape index (κ1) is 15.7. The minimum absolute atomic E-state index is 0.0298. The maximum absolute atomic E-state index is 13.1. The van der Waals surface area contributed by atoms with Gasteiger partial charge in [0.1, 0.15) is 19.0 Å². The van der Waals surface area contributed by atoms with Crippen LogP contribution in [0.3, 0.4) is 0 Å².